The molecule has 0 aromatic carbocycles. The number of nitrogens with zero attached hydrogens (tertiary/aromatic N) is 3. The van der Waals surface area contributed by atoms with Gasteiger partial charge in [0.15, 0.2) is 0 Å². The van der Waals surface area contributed by atoms with Crippen LogP contribution in [0, 0.1) is 0 Å². The highest BCUT2D eigenvalue weighted by molar-refractivity contribution is 5.68. The lowest BCUT2D eigenvalue weighted by molar-refractivity contribution is 0.0502. The maximum atomic E-state index is 11.7. The summed E-state index contributed by atoms with van der Waals surface area (Å²) in [6.07, 6.45) is 2.30. The smallest absolute Gasteiger partial charge is 0.407 e. The summed E-state index contributed by atoms with van der Waals surface area (Å²) in [4.78, 5) is 11.7. The van der Waals surface area contributed by atoms with Crippen molar-refractivity contribution in [2.45, 2.75) is 52.3 Å². The zero-order valence-electron chi connectivity index (χ0n) is 12.9. The highest BCUT2D eigenvalue weighted by Gasteiger charge is 2.18. The minimum absolute atomic E-state index is 0.0292. The van der Waals surface area contributed by atoms with Crippen molar-refractivity contribution in [2.24, 2.45) is 7.05 Å². The van der Waals surface area contributed by atoms with Gasteiger partial charge in [-0.15, -0.1) is 5.10 Å². The van der Waals surface area contributed by atoms with Gasteiger partial charge in [0.25, 0.3) is 0 Å². The summed E-state index contributed by atoms with van der Waals surface area (Å²) in [5.74, 6) is 0. The van der Waals surface area contributed by atoms with Crippen LogP contribution in [-0.2, 0) is 18.3 Å². The molecule has 1 aromatic heterocycles. The third-order valence-electron chi connectivity index (χ3n) is 2.56. The van der Waals surface area contributed by atoms with Crippen molar-refractivity contribution in [3.8, 4) is 0 Å². The van der Waals surface area contributed by atoms with Crippen molar-refractivity contribution < 1.29 is 9.53 Å². The fourth-order valence-electron chi connectivity index (χ4n) is 1.62. The number of aryl methyl sites for hydroxylation is 1. The number of aromatic nitrogens is 3. The quantitative estimate of drug-likeness (QED) is 0.820. The molecule has 0 aliphatic heterocycles. The molecule has 0 aliphatic rings. The van der Waals surface area contributed by atoms with E-state index in [0.717, 1.165) is 12.1 Å². The van der Waals surface area contributed by atoms with Crippen molar-refractivity contribution >= 4 is 6.09 Å². The Kier molecular flexibility index (Phi) is 5.94. The van der Waals surface area contributed by atoms with Crippen LogP contribution in [0.4, 0.5) is 4.79 Å². The molecule has 1 aromatic rings. The second-order valence-electron chi connectivity index (χ2n) is 5.77. The van der Waals surface area contributed by atoms with Gasteiger partial charge in [0, 0.05) is 32.4 Å². The first-order valence-electron chi connectivity index (χ1n) is 6.85. The zero-order chi connectivity index (χ0) is 15.2. The third-order valence-corrected chi connectivity index (χ3v) is 2.56. The lowest BCUT2D eigenvalue weighted by atomic mass is 10.2. The van der Waals surface area contributed by atoms with E-state index in [2.05, 4.69) is 20.9 Å². The van der Waals surface area contributed by atoms with E-state index < -0.39 is 5.60 Å². The fraction of sp³-hybridized carbons (Fsp3) is 0.769. The number of nitrogens with one attached hydrogen (secondary N) is 2. The van der Waals surface area contributed by atoms with Gasteiger partial charge in [-0.05, 0) is 27.2 Å². The molecule has 1 rings (SSSR count). The number of hydrogen-bond donors (Lipinski definition) is 2. The second-order valence-corrected chi connectivity index (χ2v) is 5.77. The van der Waals surface area contributed by atoms with Gasteiger partial charge in [-0.25, -0.2) is 4.79 Å². The standard InChI is InChI=1S/C13H25N5O2/c1-6-10(15-12(19)20-13(2,3)4)7-14-8-11-9-18(5)17-16-11/h9-10,14H,6-8H2,1-5H3,(H,15,19). The number of hydrogen-bond acceptors (Lipinski definition) is 5. The van der Waals surface area contributed by atoms with E-state index in [0.29, 0.717) is 13.1 Å². The molecule has 20 heavy (non-hydrogen) atoms. The molecular formula is C13H25N5O2. The molecule has 2 N–H and O–H groups in total. The normalized spacial score (nSPS) is 13.1. The van der Waals surface area contributed by atoms with Gasteiger partial charge < -0.3 is 15.4 Å². The maximum Gasteiger partial charge on any atom is 0.407 e. The summed E-state index contributed by atoms with van der Waals surface area (Å²) < 4.78 is 6.89. The molecule has 1 unspecified atom stereocenters. The molecule has 1 atom stereocenters. The average molecular weight is 283 g/mol. The molecule has 7 nitrogen and oxygen atoms in total. The minimum atomic E-state index is -0.477. The Hall–Kier alpha value is -1.63. The number of ether oxygens (including phenoxy) is 1. The molecule has 0 radical (unpaired) electrons. The van der Waals surface area contributed by atoms with Gasteiger partial charge in [-0.1, -0.05) is 12.1 Å². The van der Waals surface area contributed by atoms with Gasteiger partial charge in [0.2, 0.25) is 0 Å². The van der Waals surface area contributed by atoms with Crippen LogP contribution in [-0.4, -0.2) is 39.3 Å². The molecule has 0 saturated heterocycles. The van der Waals surface area contributed by atoms with Gasteiger partial charge in [0.1, 0.15) is 5.60 Å². The number of rotatable bonds is 6. The summed E-state index contributed by atoms with van der Waals surface area (Å²) in [6, 6.07) is 0.0292. The van der Waals surface area contributed by atoms with E-state index in [4.69, 9.17) is 4.74 Å². The Balaban J connectivity index is 2.30. The van der Waals surface area contributed by atoms with E-state index in [1.165, 1.54) is 0 Å². The Morgan fingerprint density at radius 3 is 2.70 bits per heavy atom. The minimum Gasteiger partial charge on any atom is -0.444 e. The maximum absolute atomic E-state index is 11.7. The topological polar surface area (TPSA) is 81.1 Å². The number of carbonyl (C=O) groups is 1. The largest absolute Gasteiger partial charge is 0.444 e. The second kappa shape index (κ2) is 7.23. The first-order valence-corrected chi connectivity index (χ1v) is 6.85. The van der Waals surface area contributed by atoms with Crippen LogP contribution < -0.4 is 10.6 Å². The van der Waals surface area contributed by atoms with Crippen molar-refractivity contribution in [1.29, 1.82) is 0 Å². The number of amides is 1. The third kappa shape index (κ3) is 6.51. The first-order chi connectivity index (χ1) is 9.30. The Labute approximate surface area is 120 Å². The Morgan fingerprint density at radius 1 is 1.50 bits per heavy atom. The van der Waals surface area contributed by atoms with E-state index in [1.54, 1.807) is 4.68 Å². The molecule has 0 bridgehead atoms. The number of carbonyl (C=O) groups excluding carboxylic acids is 1. The zero-order valence-corrected chi connectivity index (χ0v) is 12.9. The molecule has 0 aliphatic carbocycles. The van der Waals surface area contributed by atoms with Gasteiger partial charge in [0.05, 0.1) is 5.69 Å². The van der Waals surface area contributed by atoms with Crippen LogP contribution in [0.1, 0.15) is 39.8 Å². The lowest BCUT2D eigenvalue weighted by Crippen LogP contribution is -2.43. The fourth-order valence-corrected chi connectivity index (χ4v) is 1.62. The van der Waals surface area contributed by atoms with Crippen molar-refractivity contribution in [1.82, 2.24) is 25.6 Å². The Bertz CT molecular complexity index is 425. The van der Waals surface area contributed by atoms with E-state index >= 15 is 0 Å². The van der Waals surface area contributed by atoms with Crippen molar-refractivity contribution in [3.05, 3.63) is 11.9 Å². The molecule has 1 heterocycles. The Morgan fingerprint density at radius 2 is 2.20 bits per heavy atom. The highest BCUT2D eigenvalue weighted by Crippen LogP contribution is 2.07. The molecule has 1 amide bonds. The highest BCUT2D eigenvalue weighted by atomic mass is 16.6. The summed E-state index contributed by atoms with van der Waals surface area (Å²) >= 11 is 0. The molecule has 7 heteroatoms. The summed E-state index contributed by atoms with van der Waals surface area (Å²) in [6.45, 7) is 8.85. The van der Waals surface area contributed by atoms with Gasteiger partial charge in [-0.2, -0.15) is 0 Å². The summed E-state index contributed by atoms with van der Waals surface area (Å²) in [5, 5.41) is 13.9. The molecule has 0 saturated carbocycles. The predicted octanol–water partition coefficient (Wildman–Crippen LogP) is 1.21. The van der Waals surface area contributed by atoms with E-state index in [1.807, 2.05) is 40.9 Å². The monoisotopic (exact) mass is 283 g/mol. The van der Waals surface area contributed by atoms with Crippen LogP contribution in [0.15, 0.2) is 6.20 Å². The van der Waals surface area contributed by atoms with Gasteiger partial charge in [-0.3, -0.25) is 4.68 Å². The number of alkyl carbamates (subject to hydrolysis) is 1. The molecular weight excluding hydrogens is 258 g/mol. The lowest BCUT2D eigenvalue weighted by Gasteiger charge is -2.23. The predicted molar refractivity (Wildman–Crippen MR) is 76.2 cm³/mol. The molecule has 0 spiro atoms. The molecule has 114 valence electrons. The van der Waals surface area contributed by atoms with E-state index in [9.17, 15) is 4.79 Å². The van der Waals surface area contributed by atoms with Crippen LogP contribution in [0.25, 0.3) is 0 Å². The van der Waals surface area contributed by atoms with Crippen molar-refractivity contribution in [3.63, 3.8) is 0 Å². The van der Waals surface area contributed by atoms with Crippen LogP contribution >= 0.6 is 0 Å². The SMILES string of the molecule is CCC(CNCc1cn(C)nn1)NC(=O)OC(C)(C)C. The van der Waals surface area contributed by atoms with Crippen molar-refractivity contribution in [2.75, 3.05) is 6.54 Å². The summed E-state index contributed by atoms with van der Waals surface area (Å²) in [7, 11) is 1.83. The summed E-state index contributed by atoms with van der Waals surface area (Å²) in [5.41, 5.74) is 0.398. The van der Waals surface area contributed by atoms with Crippen LogP contribution in [0.3, 0.4) is 0 Å². The average Bonchev–Trinajstić information content (AvgIpc) is 2.71. The van der Waals surface area contributed by atoms with E-state index in [-0.39, 0.29) is 12.1 Å². The molecule has 0 fully saturated rings. The van der Waals surface area contributed by atoms with Crippen LogP contribution in [0.5, 0.6) is 0 Å². The van der Waals surface area contributed by atoms with Gasteiger partial charge >= 0.3 is 6.09 Å². The van der Waals surface area contributed by atoms with Crippen LogP contribution in [0.2, 0.25) is 0 Å². The first kappa shape index (κ1) is 16.4.